The van der Waals surface area contributed by atoms with Crippen molar-refractivity contribution < 1.29 is 24.2 Å². The molecule has 0 aliphatic carbocycles. The number of halogens is 1. The third-order valence-corrected chi connectivity index (χ3v) is 7.20. The molecule has 0 aromatic heterocycles. The topological polar surface area (TPSA) is 77.8 Å². The van der Waals surface area contributed by atoms with E-state index in [9.17, 15) is 14.0 Å². The second-order valence-electron chi connectivity index (χ2n) is 6.74. The average molecular weight is 367 g/mol. The minimum Gasteiger partial charge on any atom is -0.478 e. The molecule has 1 aromatic rings. The van der Waals surface area contributed by atoms with Gasteiger partial charge in [0.2, 0.25) is 0 Å². The van der Waals surface area contributed by atoms with Crippen molar-refractivity contribution in [2.75, 3.05) is 19.3 Å². The number of rotatable bonds is 5. The van der Waals surface area contributed by atoms with Crippen LogP contribution in [0.4, 0.5) is 4.39 Å². The first-order valence-electron chi connectivity index (χ1n) is 8.33. The predicted molar refractivity (Wildman–Crippen MR) is 98.2 cm³/mol. The second kappa shape index (κ2) is 10.1. The summed E-state index contributed by atoms with van der Waals surface area (Å²) >= 11 is 0. The molecule has 2 rings (SSSR count). The maximum atomic E-state index is 12.9. The third-order valence-electron chi connectivity index (χ3n) is 4.06. The number of carboxylic acids is 2. The molecule has 25 heavy (non-hydrogen) atoms. The van der Waals surface area contributed by atoms with Crippen LogP contribution in [0.2, 0.25) is 13.1 Å². The largest absolute Gasteiger partial charge is 0.478 e. The predicted octanol–water partition coefficient (Wildman–Crippen LogP) is 2.48. The Balaban J connectivity index is 0.000000333. The van der Waals surface area contributed by atoms with Crippen LogP contribution in [0.5, 0.6) is 0 Å². The number of benzene rings is 1. The first-order chi connectivity index (χ1) is 11.7. The quantitative estimate of drug-likeness (QED) is 0.617. The lowest BCUT2D eigenvalue weighted by Crippen LogP contribution is -2.52. The lowest BCUT2D eigenvalue weighted by atomic mass is 10.1. The van der Waals surface area contributed by atoms with Crippen LogP contribution >= 0.6 is 0 Å². The molecule has 1 aromatic carbocycles. The highest BCUT2D eigenvalue weighted by Gasteiger charge is 2.27. The van der Waals surface area contributed by atoms with Crippen LogP contribution in [-0.2, 0) is 9.59 Å². The van der Waals surface area contributed by atoms with E-state index < -0.39 is 20.0 Å². The lowest BCUT2D eigenvalue weighted by Gasteiger charge is -2.34. The minimum atomic E-state index is -1.43. The molecular weight excluding hydrogens is 341 g/mol. The van der Waals surface area contributed by atoms with Crippen molar-refractivity contribution in [3.8, 4) is 0 Å². The van der Waals surface area contributed by atoms with Gasteiger partial charge in [0.1, 0.15) is 5.82 Å². The Bertz CT molecular complexity index is 580. The van der Waals surface area contributed by atoms with Crippen LogP contribution in [0.3, 0.4) is 0 Å². The molecule has 5 nitrogen and oxygen atoms in total. The van der Waals surface area contributed by atoms with Gasteiger partial charge < -0.3 is 15.1 Å². The third kappa shape index (κ3) is 8.60. The van der Waals surface area contributed by atoms with E-state index in [0.29, 0.717) is 12.2 Å². The summed E-state index contributed by atoms with van der Waals surface area (Å²) in [6.07, 6.45) is 6.39. The van der Waals surface area contributed by atoms with Crippen molar-refractivity contribution in [2.24, 2.45) is 0 Å². The van der Waals surface area contributed by atoms with Crippen LogP contribution in [0.1, 0.15) is 19.3 Å². The Morgan fingerprint density at radius 3 is 1.96 bits per heavy atom. The second-order valence-corrected chi connectivity index (χ2v) is 11.4. The smallest absolute Gasteiger partial charge is 0.328 e. The molecule has 1 saturated heterocycles. The van der Waals surface area contributed by atoms with E-state index in [0.717, 1.165) is 0 Å². The van der Waals surface area contributed by atoms with Crippen molar-refractivity contribution in [1.29, 1.82) is 0 Å². The standard InChI is InChI=1S/C14H22FNSi.C4H4O4/c1-17(2,12-16-10-4-3-5-11-16)14-8-6-13(15)7-9-14;5-3(6)1-2-4(7)8/h6-9H,3-5,10-12H2,1-2H3;1-2H,(H,5,6)(H,7,8). The molecule has 0 bridgehead atoms. The highest BCUT2D eigenvalue weighted by atomic mass is 28.3. The van der Waals surface area contributed by atoms with E-state index in [1.165, 1.54) is 43.7 Å². The summed E-state index contributed by atoms with van der Waals surface area (Å²) in [5, 5.41) is 17.0. The van der Waals surface area contributed by atoms with E-state index in [1.54, 1.807) is 12.1 Å². The van der Waals surface area contributed by atoms with Gasteiger partial charge in [-0.2, -0.15) is 0 Å². The van der Waals surface area contributed by atoms with Crippen LogP contribution in [-0.4, -0.2) is 54.4 Å². The molecule has 0 spiro atoms. The monoisotopic (exact) mass is 367 g/mol. The van der Waals surface area contributed by atoms with Gasteiger partial charge in [0.15, 0.2) is 0 Å². The molecule has 0 amide bonds. The summed E-state index contributed by atoms with van der Waals surface area (Å²) in [4.78, 5) is 21.7. The number of piperidine rings is 1. The van der Waals surface area contributed by atoms with Gasteiger partial charge >= 0.3 is 11.9 Å². The molecule has 0 unspecified atom stereocenters. The Kier molecular flexibility index (Phi) is 8.51. The van der Waals surface area contributed by atoms with Gasteiger partial charge in [-0.15, -0.1) is 0 Å². The van der Waals surface area contributed by atoms with Crippen molar-refractivity contribution in [1.82, 2.24) is 4.90 Å². The van der Waals surface area contributed by atoms with Gasteiger partial charge in [-0.1, -0.05) is 36.8 Å². The van der Waals surface area contributed by atoms with Gasteiger partial charge in [0, 0.05) is 12.2 Å². The minimum absolute atomic E-state index is 0.128. The maximum Gasteiger partial charge on any atom is 0.328 e. The zero-order chi connectivity index (χ0) is 18.9. The number of hydrogen-bond acceptors (Lipinski definition) is 3. The van der Waals surface area contributed by atoms with Crippen LogP contribution in [0.15, 0.2) is 36.4 Å². The molecule has 138 valence electrons. The molecule has 2 N–H and O–H groups in total. The number of carboxylic acid groups (broad SMARTS) is 2. The molecule has 1 aliphatic heterocycles. The Morgan fingerprint density at radius 2 is 1.52 bits per heavy atom. The molecule has 0 saturated carbocycles. The summed E-state index contributed by atoms with van der Waals surface area (Å²) in [6, 6.07) is 7.15. The van der Waals surface area contributed by atoms with Gasteiger partial charge in [-0.05, 0) is 44.2 Å². The van der Waals surface area contributed by atoms with Crippen molar-refractivity contribution in [2.45, 2.75) is 32.4 Å². The van der Waals surface area contributed by atoms with Crippen LogP contribution < -0.4 is 5.19 Å². The van der Waals surface area contributed by atoms with E-state index in [-0.39, 0.29) is 5.82 Å². The van der Waals surface area contributed by atoms with E-state index in [1.807, 2.05) is 12.1 Å². The first kappa shape index (κ1) is 21.1. The fourth-order valence-corrected chi connectivity index (χ4v) is 5.50. The Hall–Kier alpha value is -1.99. The van der Waals surface area contributed by atoms with Gasteiger partial charge in [0.25, 0.3) is 0 Å². The molecular formula is C18H26FNO4Si. The number of likely N-dealkylation sites (tertiary alicyclic amines) is 1. The summed E-state index contributed by atoms with van der Waals surface area (Å²) in [6.45, 7) is 7.26. The Morgan fingerprint density at radius 1 is 1.04 bits per heavy atom. The zero-order valence-corrected chi connectivity index (χ0v) is 15.7. The van der Waals surface area contributed by atoms with Crippen LogP contribution in [0.25, 0.3) is 0 Å². The summed E-state index contributed by atoms with van der Waals surface area (Å²) in [5.74, 6) is -2.64. The molecule has 1 aliphatic rings. The van der Waals surface area contributed by atoms with E-state index in [2.05, 4.69) is 18.0 Å². The molecule has 1 fully saturated rings. The summed E-state index contributed by atoms with van der Waals surface area (Å²) in [5.41, 5.74) is 0. The van der Waals surface area contributed by atoms with Crippen LogP contribution in [0, 0.1) is 5.82 Å². The molecule has 0 radical (unpaired) electrons. The number of nitrogens with zero attached hydrogens (tertiary/aromatic N) is 1. The summed E-state index contributed by atoms with van der Waals surface area (Å²) in [7, 11) is -1.43. The van der Waals surface area contributed by atoms with Gasteiger partial charge in [0.05, 0.1) is 8.07 Å². The number of aliphatic carboxylic acids is 2. The highest BCUT2D eigenvalue weighted by Crippen LogP contribution is 2.13. The zero-order valence-electron chi connectivity index (χ0n) is 14.7. The lowest BCUT2D eigenvalue weighted by molar-refractivity contribution is -0.134. The summed E-state index contributed by atoms with van der Waals surface area (Å²) < 4.78 is 12.9. The fourth-order valence-electron chi connectivity index (χ4n) is 2.81. The molecule has 1 heterocycles. The number of carbonyl (C=O) groups is 2. The van der Waals surface area contributed by atoms with Gasteiger partial charge in [-0.25, -0.2) is 14.0 Å². The van der Waals surface area contributed by atoms with Crippen molar-refractivity contribution in [3.05, 3.63) is 42.2 Å². The van der Waals surface area contributed by atoms with Crippen molar-refractivity contribution >= 4 is 25.2 Å². The fraction of sp³-hybridized carbons (Fsp3) is 0.444. The maximum absolute atomic E-state index is 12.9. The first-order valence-corrected chi connectivity index (χ1v) is 11.5. The van der Waals surface area contributed by atoms with E-state index >= 15 is 0 Å². The average Bonchev–Trinajstić information content (AvgIpc) is 2.54. The molecule has 7 heteroatoms. The Labute approximate surface area is 148 Å². The normalized spacial score (nSPS) is 15.5. The van der Waals surface area contributed by atoms with E-state index in [4.69, 9.17) is 10.2 Å². The highest BCUT2D eigenvalue weighted by molar-refractivity contribution is 6.89. The molecule has 0 atom stereocenters. The van der Waals surface area contributed by atoms with Crippen molar-refractivity contribution in [3.63, 3.8) is 0 Å². The number of hydrogen-bond donors (Lipinski definition) is 2. The van der Waals surface area contributed by atoms with Gasteiger partial charge in [-0.3, -0.25) is 0 Å². The SMILES string of the molecule is C[Si](C)(CN1CCCCC1)c1ccc(F)cc1.O=C(O)C=CC(=O)O.